The lowest BCUT2D eigenvalue weighted by molar-refractivity contribution is -0.384. The Morgan fingerprint density at radius 2 is 1.76 bits per heavy atom. The SMILES string of the molecule is Cc1nc(C)c(Cc2ccc(Cl)cc2)c(N2CCN(C(=O)c3cccc([N+](=O)[O-])c3)CC2)n1. The Hall–Kier alpha value is -3.52. The van der Waals surface area contributed by atoms with Crippen LogP contribution in [0.5, 0.6) is 0 Å². The molecule has 1 aliphatic rings. The van der Waals surface area contributed by atoms with E-state index in [-0.39, 0.29) is 11.6 Å². The predicted octanol–water partition coefficient (Wildman–Crippen LogP) is 4.21. The average molecular weight is 466 g/mol. The van der Waals surface area contributed by atoms with E-state index < -0.39 is 4.92 Å². The summed E-state index contributed by atoms with van der Waals surface area (Å²) in [7, 11) is 0. The molecular weight excluding hydrogens is 442 g/mol. The number of nitrogens with zero attached hydrogens (tertiary/aromatic N) is 5. The number of amides is 1. The monoisotopic (exact) mass is 465 g/mol. The number of nitro groups is 1. The molecule has 1 saturated heterocycles. The summed E-state index contributed by atoms with van der Waals surface area (Å²) in [5, 5.41) is 11.7. The number of benzene rings is 2. The van der Waals surface area contributed by atoms with Crippen molar-refractivity contribution in [1.82, 2.24) is 14.9 Å². The van der Waals surface area contributed by atoms with Crippen molar-refractivity contribution in [3.05, 3.63) is 91.9 Å². The molecule has 3 aromatic rings. The first kappa shape index (κ1) is 22.7. The maximum atomic E-state index is 12.9. The summed E-state index contributed by atoms with van der Waals surface area (Å²) in [6, 6.07) is 13.6. The molecule has 9 heteroatoms. The molecule has 0 spiro atoms. The van der Waals surface area contributed by atoms with E-state index >= 15 is 0 Å². The van der Waals surface area contributed by atoms with Crippen LogP contribution in [0.3, 0.4) is 0 Å². The number of halogens is 1. The summed E-state index contributed by atoms with van der Waals surface area (Å²) in [5.74, 6) is 1.39. The van der Waals surface area contributed by atoms with Crippen molar-refractivity contribution in [3.63, 3.8) is 0 Å². The van der Waals surface area contributed by atoms with Crippen LogP contribution in [0.4, 0.5) is 11.5 Å². The van der Waals surface area contributed by atoms with E-state index in [0.717, 1.165) is 22.6 Å². The van der Waals surface area contributed by atoms with E-state index in [9.17, 15) is 14.9 Å². The van der Waals surface area contributed by atoms with Gasteiger partial charge < -0.3 is 9.80 Å². The lowest BCUT2D eigenvalue weighted by Gasteiger charge is -2.36. The number of carbonyl (C=O) groups excluding carboxylic acids is 1. The summed E-state index contributed by atoms with van der Waals surface area (Å²) < 4.78 is 0. The zero-order valence-corrected chi connectivity index (χ0v) is 19.2. The smallest absolute Gasteiger partial charge is 0.270 e. The number of aryl methyl sites for hydroxylation is 2. The molecule has 1 aliphatic heterocycles. The Labute approximate surface area is 197 Å². The highest BCUT2D eigenvalue weighted by Crippen LogP contribution is 2.26. The minimum Gasteiger partial charge on any atom is -0.353 e. The van der Waals surface area contributed by atoms with Gasteiger partial charge in [-0.3, -0.25) is 14.9 Å². The van der Waals surface area contributed by atoms with Gasteiger partial charge in [-0.2, -0.15) is 0 Å². The lowest BCUT2D eigenvalue weighted by Crippen LogP contribution is -2.49. The normalized spacial score (nSPS) is 13.8. The second-order valence-corrected chi connectivity index (χ2v) is 8.48. The number of hydrogen-bond acceptors (Lipinski definition) is 6. The third kappa shape index (κ3) is 5.12. The fourth-order valence-electron chi connectivity index (χ4n) is 4.05. The topological polar surface area (TPSA) is 92.5 Å². The summed E-state index contributed by atoms with van der Waals surface area (Å²) in [6.45, 7) is 6.11. The Kier molecular flexibility index (Phi) is 6.55. The molecule has 1 amide bonds. The van der Waals surface area contributed by atoms with Gasteiger partial charge >= 0.3 is 0 Å². The van der Waals surface area contributed by atoms with Gasteiger partial charge in [-0.25, -0.2) is 9.97 Å². The van der Waals surface area contributed by atoms with E-state index in [2.05, 4.69) is 9.88 Å². The highest BCUT2D eigenvalue weighted by Gasteiger charge is 2.26. The van der Waals surface area contributed by atoms with E-state index in [1.165, 1.54) is 18.2 Å². The van der Waals surface area contributed by atoms with Crippen molar-refractivity contribution in [3.8, 4) is 0 Å². The zero-order valence-electron chi connectivity index (χ0n) is 18.5. The van der Waals surface area contributed by atoms with E-state index in [4.69, 9.17) is 16.6 Å². The van der Waals surface area contributed by atoms with Gasteiger partial charge in [0, 0.05) is 66.6 Å². The minimum absolute atomic E-state index is 0.0849. The Morgan fingerprint density at radius 3 is 2.42 bits per heavy atom. The number of anilines is 1. The van der Waals surface area contributed by atoms with Crippen LogP contribution in [0.15, 0.2) is 48.5 Å². The maximum absolute atomic E-state index is 12.9. The standard InChI is InChI=1S/C24H24ClN5O3/c1-16-22(14-18-6-8-20(25)9-7-18)23(27-17(2)26-16)28-10-12-29(13-11-28)24(31)19-4-3-5-21(15-19)30(32)33/h3-9,15H,10-14H2,1-2H3. The third-order valence-electron chi connectivity index (χ3n) is 5.77. The quantitative estimate of drug-likeness (QED) is 0.414. The Morgan fingerprint density at radius 1 is 1.06 bits per heavy atom. The van der Waals surface area contributed by atoms with Gasteiger partial charge in [0.1, 0.15) is 11.6 Å². The molecule has 0 atom stereocenters. The molecule has 0 unspecified atom stereocenters. The lowest BCUT2D eigenvalue weighted by atomic mass is 10.0. The van der Waals surface area contributed by atoms with Crippen LogP contribution in [0, 0.1) is 24.0 Å². The number of nitro benzene ring substituents is 1. The molecule has 33 heavy (non-hydrogen) atoms. The van der Waals surface area contributed by atoms with Gasteiger partial charge in [-0.15, -0.1) is 0 Å². The van der Waals surface area contributed by atoms with Crippen molar-refractivity contribution in [1.29, 1.82) is 0 Å². The van der Waals surface area contributed by atoms with Crippen molar-refractivity contribution < 1.29 is 9.72 Å². The van der Waals surface area contributed by atoms with Gasteiger partial charge in [0.25, 0.3) is 11.6 Å². The minimum atomic E-state index is -0.489. The molecule has 1 fully saturated rings. The zero-order chi connectivity index (χ0) is 23.5. The van der Waals surface area contributed by atoms with Gasteiger partial charge in [-0.05, 0) is 37.6 Å². The molecule has 2 heterocycles. The average Bonchev–Trinajstić information content (AvgIpc) is 2.81. The molecule has 2 aromatic carbocycles. The molecule has 170 valence electrons. The first-order chi connectivity index (χ1) is 15.8. The van der Waals surface area contributed by atoms with Crippen molar-refractivity contribution in [2.45, 2.75) is 20.3 Å². The number of piperazine rings is 1. The fraction of sp³-hybridized carbons (Fsp3) is 0.292. The van der Waals surface area contributed by atoms with Gasteiger partial charge in [0.15, 0.2) is 0 Å². The van der Waals surface area contributed by atoms with Crippen LogP contribution in [0.2, 0.25) is 5.02 Å². The van der Waals surface area contributed by atoms with E-state index in [0.29, 0.717) is 49.0 Å². The van der Waals surface area contributed by atoms with Gasteiger partial charge in [0.05, 0.1) is 4.92 Å². The van der Waals surface area contributed by atoms with Crippen LogP contribution < -0.4 is 4.90 Å². The van der Waals surface area contributed by atoms with Crippen molar-refractivity contribution in [2.24, 2.45) is 0 Å². The largest absolute Gasteiger partial charge is 0.353 e. The van der Waals surface area contributed by atoms with E-state index in [1.807, 2.05) is 38.1 Å². The molecule has 0 aliphatic carbocycles. The van der Waals surface area contributed by atoms with Crippen LogP contribution in [0.1, 0.15) is 33.0 Å². The molecule has 0 saturated carbocycles. The highest BCUT2D eigenvalue weighted by molar-refractivity contribution is 6.30. The number of carbonyl (C=O) groups is 1. The van der Waals surface area contributed by atoms with Gasteiger partial charge in [0.2, 0.25) is 0 Å². The predicted molar refractivity (Wildman–Crippen MR) is 127 cm³/mol. The third-order valence-corrected chi connectivity index (χ3v) is 6.02. The molecule has 0 radical (unpaired) electrons. The Balaban J connectivity index is 1.51. The highest BCUT2D eigenvalue weighted by atomic mass is 35.5. The second kappa shape index (κ2) is 9.54. The van der Waals surface area contributed by atoms with Crippen LogP contribution in [-0.4, -0.2) is 51.9 Å². The summed E-state index contributed by atoms with van der Waals surface area (Å²) in [6.07, 6.45) is 0.686. The summed E-state index contributed by atoms with van der Waals surface area (Å²) in [4.78, 5) is 36.7. The first-order valence-corrected chi connectivity index (χ1v) is 11.1. The molecule has 8 nitrogen and oxygen atoms in total. The molecular formula is C24H24ClN5O3. The number of hydrogen-bond donors (Lipinski definition) is 0. The number of non-ortho nitro benzene ring substituents is 1. The molecule has 0 bridgehead atoms. The molecule has 4 rings (SSSR count). The number of rotatable bonds is 5. The van der Waals surface area contributed by atoms with E-state index in [1.54, 1.807) is 11.0 Å². The first-order valence-electron chi connectivity index (χ1n) is 10.7. The molecule has 0 N–H and O–H groups in total. The maximum Gasteiger partial charge on any atom is 0.270 e. The number of aromatic nitrogens is 2. The van der Waals surface area contributed by atoms with Crippen molar-refractivity contribution in [2.75, 3.05) is 31.1 Å². The van der Waals surface area contributed by atoms with Gasteiger partial charge in [-0.1, -0.05) is 29.8 Å². The van der Waals surface area contributed by atoms with Crippen LogP contribution >= 0.6 is 11.6 Å². The fourth-order valence-corrected chi connectivity index (χ4v) is 4.18. The molecule has 1 aromatic heterocycles. The summed E-state index contributed by atoms with van der Waals surface area (Å²) >= 11 is 6.03. The summed E-state index contributed by atoms with van der Waals surface area (Å²) in [5.41, 5.74) is 3.35. The Bertz CT molecular complexity index is 1190. The van der Waals surface area contributed by atoms with Crippen LogP contribution in [0.25, 0.3) is 0 Å². The second-order valence-electron chi connectivity index (χ2n) is 8.05. The van der Waals surface area contributed by atoms with Crippen LogP contribution in [-0.2, 0) is 6.42 Å². The van der Waals surface area contributed by atoms with Crippen molar-refractivity contribution >= 4 is 29.0 Å².